The van der Waals surface area contributed by atoms with Gasteiger partial charge in [0.1, 0.15) is 0 Å². The monoisotopic (exact) mass is 752 g/mol. The Kier molecular flexibility index (Phi) is 33.5. The molecule has 53 heavy (non-hydrogen) atoms. The largest absolute Gasteiger partial charge is 0.466 e. The van der Waals surface area contributed by atoms with Crippen molar-refractivity contribution in [2.45, 2.75) is 232 Å². The second-order valence-electron chi connectivity index (χ2n) is 15.9. The van der Waals surface area contributed by atoms with Gasteiger partial charge in [-0.05, 0) is 64.5 Å². The van der Waals surface area contributed by atoms with Gasteiger partial charge in [-0.2, -0.15) is 0 Å². The average Bonchev–Trinajstić information content (AvgIpc) is 3.15. The van der Waals surface area contributed by atoms with E-state index in [1.165, 1.54) is 109 Å². The van der Waals surface area contributed by atoms with Gasteiger partial charge in [0.05, 0.1) is 13.2 Å². The number of cyclic esters (lactones) is 2. The van der Waals surface area contributed by atoms with Crippen LogP contribution >= 0.6 is 0 Å². The standard InChI is InChI=1S/C45H85NO7/c1-4-7-10-13-16-17-18-23-30-39-51-42(48)34-27-29-36-46(37-38-47)35-28-22-21-26-33-41-44(49)53-43(45(50)52-41)40(31-24-19-14-11-8-5-2)32-25-20-15-12-9-6-3/h40-41,43,47H,4-39H2,1-3H3. The number of hydrogen-bond acceptors (Lipinski definition) is 8. The summed E-state index contributed by atoms with van der Waals surface area (Å²) in [5.41, 5.74) is 0. The van der Waals surface area contributed by atoms with Crippen LogP contribution in [-0.4, -0.2) is 73.0 Å². The zero-order valence-corrected chi connectivity index (χ0v) is 35.0. The van der Waals surface area contributed by atoms with Crippen LogP contribution in [0.1, 0.15) is 220 Å². The Morgan fingerprint density at radius 1 is 0.585 bits per heavy atom. The number of unbranched alkanes of at least 4 members (excludes halogenated alkanes) is 22. The van der Waals surface area contributed by atoms with Gasteiger partial charge in [0.15, 0.2) is 6.10 Å². The predicted octanol–water partition coefficient (Wildman–Crippen LogP) is 11.4. The van der Waals surface area contributed by atoms with Crippen molar-refractivity contribution in [3.05, 3.63) is 0 Å². The van der Waals surface area contributed by atoms with Crippen LogP contribution in [0.2, 0.25) is 0 Å². The van der Waals surface area contributed by atoms with Crippen LogP contribution in [-0.2, 0) is 28.6 Å². The summed E-state index contributed by atoms with van der Waals surface area (Å²) < 4.78 is 17.0. The van der Waals surface area contributed by atoms with E-state index < -0.39 is 12.2 Å². The number of nitrogens with zero attached hydrogens (tertiary/aromatic N) is 1. The van der Waals surface area contributed by atoms with Gasteiger partial charge in [0.2, 0.25) is 6.10 Å². The van der Waals surface area contributed by atoms with E-state index in [0.717, 1.165) is 90.1 Å². The summed E-state index contributed by atoms with van der Waals surface area (Å²) in [6.07, 6.45) is 32.4. The third kappa shape index (κ3) is 27.5. The summed E-state index contributed by atoms with van der Waals surface area (Å²) in [5, 5.41) is 9.55. The van der Waals surface area contributed by atoms with Crippen molar-refractivity contribution in [1.29, 1.82) is 0 Å². The maximum absolute atomic E-state index is 13.1. The van der Waals surface area contributed by atoms with Gasteiger partial charge >= 0.3 is 17.9 Å². The van der Waals surface area contributed by atoms with Gasteiger partial charge in [-0.3, -0.25) is 4.79 Å². The van der Waals surface area contributed by atoms with E-state index in [1.807, 2.05) is 0 Å². The smallest absolute Gasteiger partial charge is 0.348 e. The van der Waals surface area contributed by atoms with Gasteiger partial charge < -0.3 is 24.2 Å². The molecule has 1 rings (SSSR count). The summed E-state index contributed by atoms with van der Waals surface area (Å²) in [6.45, 7) is 9.74. The topological polar surface area (TPSA) is 102 Å². The molecule has 0 bridgehead atoms. The first-order chi connectivity index (χ1) is 26.0. The number of hydrogen-bond donors (Lipinski definition) is 1. The van der Waals surface area contributed by atoms with E-state index in [2.05, 4.69) is 25.7 Å². The van der Waals surface area contributed by atoms with Crippen molar-refractivity contribution in [1.82, 2.24) is 4.90 Å². The third-order valence-corrected chi connectivity index (χ3v) is 11.0. The normalized spacial score (nSPS) is 16.0. The summed E-state index contributed by atoms with van der Waals surface area (Å²) in [4.78, 5) is 40.5. The fourth-order valence-electron chi connectivity index (χ4n) is 7.56. The molecule has 0 aliphatic carbocycles. The van der Waals surface area contributed by atoms with Crippen molar-refractivity contribution in [2.75, 3.05) is 32.8 Å². The zero-order chi connectivity index (χ0) is 38.6. The molecule has 1 saturated heterocycles. The van der Waals surface area contributed by atoms with Crippen LogP contribution in [0.3, 0.4) is 0 Å². The van der Waals surface area contributed by atoms with Crippen molar-refractivity contribution in [3.8, 4) is 0 Å². The molecule has 2 atom stereocenters. The van der Waals surface area contributed by atoms with Crippen LogP contribution in [0.15, 0.2) is 0 Å². The van der Waals surface area contributed by atoms with Gasteiger partial charge in [-0.15, -0.1) is 0 Å². The molecule has 0 spiro atoms. The summed E-state index contributed by atoms with van der Waals surface area (Å²) in [6, 6.07) is 0. The number of aliphatic hydroxyl groups excluding tert-OH is 1. The molecule has 1 N–H and O–H groups in total. The van der Waals surface area contributed by atoms with Gasteiger partial charge in [0.25, 0.3) is 0 Å². The average molecular weight is 752 g/mol. The number of carbonyl (C=O) groups is 3. The Hall–Kier alpha value is -1.67. The predicted molar refractivity (Wildman–Crippen MR) is 218 cm³/mol. The SMILES string of the molecule is CCCCCCCCCCCOC(=O)CCCCN(CCO)CCCCCCC1OC(=O)C(C(CCCCCCCC)CCCCCCCC)OC1=O. The Balaban J connectivity index is 2.25. The van der Waals surface area contributed by atoms with Crippen LogP contribution in [0.4, 0.5) is 0 Å². The Labute approximate surface area is 326 Å². The molecule has 0 aromatic rings. The van der Waals surface area contributed by atoms with E-state index in [4.69, 9.17) is 14.2 Å². The zero-order valence-electron chi connectivity index (χ0n) is 35.0. The number of rotatable bonds is 39. The van der Waals surface area contributed by atoms with Crippen LogP contribution in [0.25, 0.3) is 0 Å². The van der Waals surface area contributed by atoms with E-state index in [9.17, 15) is 19.5 Å². The molecule has 0 radical (unpaired) electrons. The highest BCUT2D eigenvalue weighted by Gasteiger charge is 2.41. The molecule has 8 nitrogen and oxygen atoms in total. The number of esters is 3. The first-order valence-electron chi connectivity index (χ1n) is 22.9. The lowest BCUT2D eigenvalue weighted by Gasteiger charge is -2.32. The Bertz CT molecular complexity index is 852. The minimum absolute atomic E-state index is 0.0507. The Morgan fingerprint density at radius 2 is 1.06 bits per heavy atom. The summed E-state index contributed by atoms with van der Waals surface area (Å²) in [7, 11) is 0. The lowest BCUT2D eigenvalue weighted by Crippen LogP contribution is -2.47. The fraction of sp³-hybridized carbons (Fsp3) is 0.933. The molecule has 0 aromatic carbocycles. The molecular weight excluding hydrogens is 666 g/mol. The fourth-order valence-corrected chi connectivity index (χ4v) is 7.56. The maximum Gasteiger partial charge on any atom is 0.348 e. The summed E-state index contributed by atoms with van der Waals surface area (Å²) in [5.74, 6) is -0.757. The molecule has 0 aromatic heterocycles. The van der Waals surface area contributed by atoms with Crippen molar-refractivity contribution in [3.63, 3.8) is 0 Å². The van der Waals surface area contributed by atoms with E-state index >= 15 is 0 Å². The minimum atomic E-state index is -0.787. The molecule has 1 heterocycles. The number of carbonyl (C=O) groups excluding carboxylic acids is 3. The molecule has 1 aliphatic rings. The molecule has 2 unspecified atom stereocenters. The third-order valence-electron chi connectivity index (χ3n) is 11.0. The quantitative estimate of drug-likeness (QED) is 0.0376. The highest BCUT2D eigenvalue weighted by molar-refractivity contribution is 5.87. The Morgan fingerprint density at radius 3 is 1.60 bits per heavy atom. The molecule has 8 heteroatoms. The lowest BCUT2D eigenvalue weighted by molar-refractivity contribution is -0.200. The van der Waals surface area contributed by atoms with Crippen LogP contribution in [0.5, 0.6) is 0 Å². The lowest BCUT2D eigenvalue weighted by atomic mass is 9.89. The van der Waals surface area contributed by atoms with E-state index in [0.29, 0.717) is 26.0 Å². The van der Waals surface area contributed by atoms with Gasteiger partial charge in [0, 0.05) is 18.9 Å². The number of aliphatic hydroxyl groups is 1. The molecule has 0 amide bonds. The van der Waals surface area contributed by atoms with Crippen molar-refractivity contribution in [2.24, 2.45) is 5.92 Å². The molecule has 1 fully saturated rings. The first kappa shape index (κ1) is 49.3. The highest BCUT2D eigenvalue weighted by Crippen LogP contribution is 2.29. The molecule has 312 valence electrons. The second kappa shape index (κ2) is 36.0. The van der Waals surface area contributed by atoms with Gasteiger partial charge in [-0.1, -0.05) is 162 Å². The van der Waals surface area contributed by atoms with Crippen molar-refractivity contribution >= 4 is 17.9 Å². The van der Waals surface area contributed by atoms with Gasteiger partial charge in [-0.25, -0.2) is 9.59 Å². The molecular formula is C45H85NO7. The number of ether oxygens (including phenoxy) is 3. The maximum atomic E-state index is 13.1. The van der Waals surface area contributed by atoms with Crippen LogP contribution in [0, 0.1) is 5.92 Å². The second-order valence-corrected chi connectivity index (χ2v) is 15.9. The molecule has 0 saturated carbocycles. The molecule has 1 aliphatic heterocycles. The van der Waals surface area contributed by atoms with Crippen molar-refractivity contribution < 1.29 is 33.7 Å². The van der Waals surface area contributed by atoms with E-state index in [-0.39, 0.29) is 30.4 Å². The van der Waals surface area contributed by atoms with E-state index in [1.54, 1.807) is 0 Å². The highest BCUT2D eigenvalue weighted by atomic mass is 16.6. The van der Waals surface area contributed by atoms with Crippen LogP contribution < -0.4 is 0 Å². The summed E-state index contributed by atoms with van der Waals surface area (Å²) >= 11 is 0. The first-order valence-corrected chi connectivity index (χ1v) is 22.9. The minimum Gasteiger partial charge on any atom is -0.466 e.